The number of hydrogen-bond acceptors (Lipinski definition) is 3. The largest absolute Gasteiger partial charge is 0.284 e. The highest BCUT2D eigenvalue weighted by Gasteiger charge is 2.24. The van der Waals surface area contributed by atoms with Gasteiger partial charge in [-0.1, -0.05) is 35.0 Å². The molecule has 0 aromatic carbocycles. The van der Waals surface area contributed by atoms with Crippen molar-refractivity contribution in [3.63, 3.8) is 0 Å². The van der Waals surface area contributed by atoms with Gasteiger partial charge in [0.1, 0.15) is 0 Å². The summed E-state index contributed by atoms with van der Waals surface area (Å²) in [5, 5.41) is 0.539. The molecule has 0 aliphatic carbocycles. The first-order valence-electron chi connectivity index (χ1n) is 2.76. The standard InChI is InChI=1S/C5H6Cl2OS2/c6-4(7)5(8)10-2-3-1-9-3/h3-4H,1-2H2. The average Bonchev–Trinajstić information content (AvgIpc) is 2.64. The number of alkyl halides is 2. The zero-order valence-corrected chi connectivity index (χ0v) is 8.19. The second-order valence-corrected chi connectivity index (χ2v) is 5.34. The highest BCUT2D eigenvalue weighted by molar-refractivity contribution is 8.15. The van der Waals surface area contributed by atoms with E-state index in [1.54, 1.807) is 0 Å². The van der Waals surface area contributed by atoms with Gasteiger partial charge in [-0.05, 0) is 0 Å². The Kier molecular flexibility index (Phi) is 3.70. The van der Waals surface area contributed by atoms with Crippen LogP contribution < -0.4 is 0 Å². The highest BCUT2D eigenvalue weighted by atomic mass is 35.5. The van der Waals surface area contributed by atoms with E-state index in [1.807, 2.05) is 11.8 Å². The molecule has 0 N–H and O–H groups in total. The summed E-state index contributed by atoms with van der Waals surface area (Å²) in [6.45, 7) is 0. The molecule has 1 aliphatic heterocycles. The molecule has 0 saturated carbocycles. The number of halogens is 2. The van der Waals surface area contributed by atoms with E-state index in [9.17, 15) is 4.79 Å². The topological polar surface area (TPSA) is 17.1 Å². The number of hydrogen-bond donors (Lipinski definition) is 0. The molecule has 0 aromatic rings. The van der Waals surface area contributed by atoms with Crippen molar-refractivity contribution in [2.45, 2.75) is 10.1 Å². The Labute approximate surface area is 78.2 Å². The normalized spacial score (nSPS) is 23.3. The Morgan fingerprint density at radius 1 is 1.80 bits per heavy atom. The maximum Gasteiger partial charge on any atom is 0.221 e. The van der Waals surface area contributed by atoms with Gasteiger partial charge in [-0.2, -0.15) is 11.8 Å². The molecule has 0 spiro atoms. The Hall–Kier alpha value is 0.950. The van der Waals surface area contributed by atoms with Gasteiger partial charge in [-0.3, -0.25) is 4.79 Å². The third-order valence-corrected chi connectivity index (χ3v) is 3.92. The SMILES string of the molecule is O=C(SCC1CS1)C(Cl)Cl. The van der Waals surface area contributed by atoms with Crippen molar-refractivity contribution in [2.24, 2.45) is 0 Å². The van der Waals surface area contributed by atoms with Crippen molar-refractivity contribution < 1.29 is 4.79 Å². The molecule has 1 aliphatic rings. The van der Waals surface area contributed by atoms with E-state index in [0.29, 0.717) is 5.25 Å². The molecule has 0 radical (unpaired) electrons. The Bertz CT molecular complexity index is 136. The smallest absolute Gasteiger partial charge is 0.221 e. The summed E-state index contributed by atoms with van der Waals surface area (Å²) < 4.78 is 0. The summed E-state index contributed by atoms with van der Waals surface area (Å²) in [6, 6.07) is 0. The van der Waals surface area contributed by atoms with Gasteiger partial charge in [0.15, 0.2) is 4.84 Å². The van der Waals surface area contributed by atoms with Crippen LogP contribution >= 0.6 is 46.7 Å². The van der Waals surface area contributed by atoms with Gasteiger partial charge in [0, 0.05) is 16.8 Å². The summed E-state index contributed by atoms with van der Waals surface area (Å²) in [5.74, 6) is 2.04. The molecule has 1 rings (SSSR count). The molecular formula is C5H6Cl2OS2. The minimum Gasteiger partial charge on any atom is -0.284 e. The van der Waals surface area contributed by atoms with Gasteiger partial charge in [0.2, 0.25) is 5.12 Å². The van der Waals surface area contributed by atoms with Crippen LogP contribution in [-0.4, -0.2) is 26.7 Å². The monoisotopic (exact) mass is 216 g/mol. The molecule has 58 valence electrons. The second-order valence-electron chi connectivity index (χ2n) is 1.89. The van der Waals surface area contributed by atoms with Gasteiger partial charge in [0.05, 0.1) is 0 Å². The van der Waals surface area contributed by atoms with Crippen LogP contribution in [-0.2, 0) is 4.79 Å². The van der Waals surface area contributed by atoms with E-state index >= 15 is 0 Å². The molecule has 5 heteroatoms. The lowest BCUT2D eigenvalue weighted by Crippen LogP contribution is -2.04. The summed E-state index contributed by atoms with van der Waals surface area (Å²) in [4.78, 5) is 9.91. The van der Waals surface area contributed by atoms with E-state index in [0.717, 1.165) is 5.75 Å². The van der Waals surface area contributed by atoms with Crippen LogP contribution in [0.2, 0.25) is 0 Å². The van der Waals surface area contributed by atoms with Crippen LogP contribution in [0.3, 0.4) is 0 Å². The first-order valence-corrected chi connectivity index (χ1v) is 5.67. The fourth-order valence-corrected chi connectivity index (χ4v) is 2.37. The first-order chi connectivity index (χ1) is 4.70. The molecular weight excluding hydrogens is 211 g/mol. The van der Waals surface area contributed by atoms with E-state index in [4.69, 9.17) is 23.2 Å². The maximum atomic E-state index is 10.8. The Balaban J connectivity index is 2.05. The maximum absolute atomic E-state index is 10.8. The van der Waals surface area contributed by atoms with Crippen LogP contribution in [0.4, 0.5) is 0 Å². The zero-order chi connectivity index (χ0) is 7.56. The third-order valence-electron chi connectivity index (χ3n) is 0.992. The lowest BCUT2D eigenvalue weighted by Gasteiger charge is -1.96. The fourth-order valence-electron chi connectivity index (χ4n) is 0.402. The van der Waals surface area contributed by atoms with Crippen LogP contribution in [0, 0.1) is 0 Å². The average molecular weight is 217 g/mol. The first kappa shape index (κ1) is 9.04. The lowest BCUT2D eigenvalue weighted by molar-refractivity contribution is -0.109. The van der Waals surface area contributed by atoms with Crippen LogP contribution in [0.1, 0.15) is 0 Å². The van der Waals surface area contributed by atoms with E-state index in [-0.39, 0.29) is 5.12 Å². The van der Waals surface area contributed by atoms with Crippen molar-refractivity contribution in [3.05, 3.63) is 0 Å². The summed E-state index contributed by atoms with van der Waals surface area (Å²) in [5.41, 5.74) is 0. The van der Waals surface area contributed by atoms with Crippen molar-refractivity contribution in [1.82, 2.24) is 0 Å². The molecule has 0 aromatic heterocycles. The van der Waals surface area contributed by atoms with Crippen LogP contribution in [0.25, 0.3) is 0 Å². The van der Waals surface area contributed by atoms with Gasteiger partial charge < -0.3 is 0 Å². The zero-order valence-electron chi connectivity index (χ0n) is 5.05. The van der Waals surface area contributed by atoms with Crippen molar-refractivity contribution in [2.75, 3.05) is 11.5 Å². The van der Waals surface area contributed by atoms with Crippen LogP contribution in [0.5, 0.6) is 0 Å². The van der Waals surface area contributed by atoms with Crippen molar-refractivity contribution in [1.29, 1.82) is 0 Å². The second kappa shape index (κ2) is 4.10. The molecule has 1 atom stereocenters. The molecule has 1 nitrogen and oxygen atoms in total. The van der Waals surface area contributed by atoms with Gasteiger partial charge in [-0.25, -0.2) is 0 Å². The number of carbonyl (C=O) groups excluding carboxylic acids is 1. The minimum atomic E-state index is -0.853. The molecule has 10 heavy (non-hydrogen) atoms. The third kappa shape index (κ3) is 3.37. The summed E-state index contributed by atoms with van der Waals surface area (Å²) in [6.07, 6.45) is 0. The lowest BCUT2D eigenvalue weighted by atomic mass is 10.6. The quantitative estimate of drug-likeness (QED) is 0.532. The van der Waals surface area contributed by atoms with E-state index in [2.05, 4.69) is 0 Å². The molecule has 1 saturated heterocycles. The molecule has 0 bridgehead atoms. The predicted molar refractivity (Wildman–Crippen MR) is 49.2 cm³/mol. The number of thioether (sulfide) groups is 2. The molecule has 1 fully saturated rings. The van der Waals surface area contributed by atoms with Gasteiger partial charge in [0.25, 0.3) is 0 Å². The molecule has 1 unspecified atom stereocenters. The van der Waals surface area contributed by atoms with Gasteiger partial charge in [-0.15, -0.1) is 0 Å². The van der Waals surface area contributed by atoms with E-state index in [1.165, 1.54) is 17.5 Å². The molecule has 0 amide bonds. The summed E-state index contributed by atoms with van der Waals surface area (Å²) in [7, 11) is 0. The van der Waals surface area contributed by atoms with Crippen LogP contribution in [0.15, 0.2) is 0 Å². The van der Waals surface area contributed by atoms with Crippen molar-refractivity contribution in [3.8, 4) is 0 Å². The van der Waals surface area contributed by atoms with Gasteiger partial charge >= 0.3 is 0 Å². The molecule has 1 heterocycles. The highest BCUT2D eigenvalue weighted by Crippen LogP contribution is 2.33. The Morgan fingerprint density at radius 3 is 2.80 bits per heavy atom. The fraction of sp³-hybridized carbons (Fsp3) is 0.800. The summed E-state index contributed by atoms with van der Waals surface area (Å²) >= 11 is 13.7. The van der Waals surface area contributed by atoms with E-state index < -0.39 is 4.84 Å². The Morgan fingerprint density at radius 2 is 2.40 bits per heavy atom. The number of carbonyl (C=O) groups is 1. The minimum absolute atomic E-state index is 0.129. The van der Waals surface area contributed by atoms with Crippen molar-refractivity contribution >= 4 is 51.8 Å². The number of rotatable bonds is 3. The predicted octanol–water partition coefficient (Wildman–Crippen LogP) is 2.17.